The van der Waals surface area contributed by atoms with Gasteiger partial charge in [-0.15, -0.1) is 5.10 Å². The number of hydroxylamine groups is 2. The second-order valence-corrected chi connectivity index (χ2v) is 4.07. The Morgan fingerprint density at radius 2 is 2.44 bits per heavy atom. The van der Waals surface area contributed by atoms with Crippen molar-refractivity contribution in [2.24, 2.45) is 5.10 Å². The lowest BCUT2D eigenvalue weighted by Gasteiger charge is -2.26. The highest BCUT2D eigenvalue weighted by Crippen LogP contribution is 2.45. The smallest absolute Gasteiger partial charge is 0.341 e. The number of hydrazone groups is 1. The van der Waals surface area contributed by atoms with Crippen LogP contribution in [0.5, 0.6) is 0 Å². The molecule has 0 aromatic carbocycles. The summed E-state index contributed by atoms with van der Waals surface area (Å²) in [6, 6.07) is -0.801. The normalized spacial score (nSPS) is 27.7. The van der Waals surface area contributed by atoms with Crippen molar-refractivity contribution in [2.45, 2.75) is 31.4 Å². The third kappa shape index (κ3) is 1.78. The molecule has 1 aliphatic heterocycles. The van der Waals surface area contributed by atoms with E-state index in [1.54, 1.807) is 14.0 Å². The van der Waals surface area contributed by atoms with E-state index >= 15 is 0 Å². The Balaban J connectivity index is 2.03. The standard InChI is InChI=1S/C9H16N4O3/c1-6(12-10-2)16-9(3-4-9)7-5-11-8(14)13(7)15/h7,10,15H,3-5H2,1-2H3,(H,11,14)/b12-6-. The fourth-order valence-electron chi connectivity index (χ4n) is 2.00. The van der Waals surface area contributed by atoms with Gasteiger partial charge in [0.05, 0.1) is 0 Å². The topological polar surface area (TPSA) is 86.2 Å². The van der Waals surface area contributed by atoms with Gasteiger partial charge in [-0.25, -0.2) is 4.79 Å². The summed E-state index contributed by atoms with van der Waals surface area (Å²) < 4.78 is 5.69. The van der Waals surface area contributed by atoms with Crippen molar-refractivity contribution in [3.63, 3.8) is 0 Å². The van der Waals surface area contributed by atoms with Crippen molar-refractivity contribution in [3.8, 4) is 0 Å². The first-order valence-electron chi connectivity index (χ1n) is 5.25. The van der Waals surface area contributed by atoms with Crippen molar-refractivity contribution >= 4 is 11.9 Å². The average Bonchev–Trinajstić information content (AvgIpc) is 2.91. The first-order chi connectivity index (χ1) is 7.59. The van der Waals surface area contributed by atoms with Gasteiger partial charge in [-0.05, 0) is 12.8 Å². The lowest BCUT2D eigenvalue weighted by atomic mass is 10.1. The fourth-order valence-corrected chi connectivity index (χ4v) is 2.00. The molecule has 2 aliphatic rings. The molecule has 2 amide bonds. The molecule has 1 aliphatic carbocycles. The summed E-state index contributed by atoms with van der Waals surface area (Å²) in [5.74, 6) is 0.507. The molecular weight excluding hydrogens is 212 g/mol. The highest BCUT2D eigenvalue weighted by molar-refractivity contribution is 5.77. The van der Waals surface area contributed by atoms with Crippen molar-refractivity contribution in [2.75, 3.05) is 13.6 Å². The molecule has 16 heavy (non-hydrogen) atoms. The van der Waals surface area contributed by atoms with Gasteiger partial charge < -0.3 is 15.5 Å². The Bertz CT molecular complexity index is 327. The first kappa shape index (κ1) is 11.0. The van der Waals surface area contributed by atoms with E-state index in [0.717, 1.165) is 17.9 Å². The number of carbonyl (C=O) groups is 1. The summed E-state index contributed by atoms with van der Waals surface area (Å²) in [6.45, 7) is 2.14. The van der Waals surface area contributed by atoms with E-state index in [1.807, 2.05) is 0 Å². The van der Waals surface area contributed by atoms with Gasteiger partial charge in [0.15, 0.2) is 0 Å². The summed E-state index contributed by atoms with van der Waals surface area (Å²) in [5.41, 5.74) is 2.16. The number of hydrogen-bond donors (Lipinski definition) is 3. The monoisotopic (exact) mass is 228 g/mol. The molecule has 7 heteroatoms. The van der Waals surface area contributed by atoms with Crippen LogP contribution in [0, 0.1) is 0 Å². The van der Waals surface area contributed by atoms with E-state index in [4.69, 9.17) is 4.74 Å². The number of hydrogen-bond acceptors (Lipinski definition) is 5. The largest absolute Gasteiger partial charge is 0.471 e. The third-order valence-corrected chi connectivity index (χ3v) is 2.92. The zero-order valence-electron chi connectivity index (χ0n) is 9.36. The van der Waals surface area contributed by atoms with E-state index in [-0.39, 0.29) is 6.04 Å². The van der Waals surface area contributed by atoms with Gasteiger partial charge in [0.25, 0.3) is 0 Å². The van der Waals surface area contributed by atoms with Gasteiger partial charge in [0, 0.05) is 20.5 Å². The quantitative estimate of drug-likeness (QED) is 0.272. The molecule has 0 aromatic rings. The van der Waals surface area contributed by atoms with Gasteiger partial charge in [-0.1, -0.05) is 0 Å². The summed E-state index contributed by atoms with van der Waals surface area (Å²) in [7, 11) is 1.69. The van der Waals surface area contributed by atoms with Crippen LogP contribution in [0.2, 0.25) is 0 Å². The average molecular weight is 228 g/mol. The van der Waals surface area contributed by atoms with Gasteiger partial charge >= 0.3 is 6.03 Å². The van der Waals surface area contributed by atoms with Crippen LogP contribution in [0.15, 0.2) is 5.10 Å². The summed E-state index contributed by atoms with van der Waals surface area (Å²) in [5, 5.41) is 16.8. The number of amides is 2. The number of nitrogens with zero attached hydrogens (tertiary/aromatic N) is 2. The van der Waals surface area contributed by atoms with E-state index in [1.165, 1.54) is 0 Å². The van der Waals surface area contributed by atoms with Crippen molar-refractivity contribution in [3.05, 3.63) is 0 Å². The second kappa shape index (κ2) is 3.82. The minimum absolute atomic E-state index is 0.331. The Morgan fingerprint density at radius 1 is 1.75 bits per heavy atom. The van der Waals surface area contributed by atoms with Gasteiger partial charge in [-0.3, -0.25) is 5.21 Å². The Hall–Kier alpha value is -1.50. The molecule has 1 unspecified atom stereocenters. The molecule has 0 aromatic heterocycles. The Labute approximate surface area is 93.4 Å². The molecule has 3 N–H and O–H groups in total. The zero-order valence-corrected chi connectivity index (χ0v) is 9.36. The van der Waals surface area contributed by atoms with Crippen LogP contribution in [-0.4, -0.2) is 47.4 Å². The van der Waals surface area contributed by atoms with Crippen LogP contribution >= 0.6 is 0 Å². The van der Waals surface area contributed by atoms with Crippen LogP contribution in [0.1, 0.15) is 19.8 Å². The van der Waals surface area contributed by atoms with Crippen LogP contribution < -0.4 is 10.7 Å². The molecule has 90 valence electrons. The summed E-state index contributed by atoms with van der Waals surface area (Å²) in [4.78, 5) is 11.1. The SMILES string of the molecule is CN/N=C(/C)OC1(C2CNC(=O)N2O)CC1. The van der Waals surface area contributed by atoms with Gasteiger partial charge in [0.2, 0.25) is 5.90 Å². The molecule has 7 nitrogen and oxygen atoms in total. The molecular formula is C9H16N4O3. The highest BCUT2D eigenvalue weighted by Gasteiger charge is 2.58. The van der Waals surface area contributed by atoms with E-state index < -0.39 is 11.6 Å². The number of nitrogens with one attached hydrogen (secondary N) is 2. The third-order valence-electron chi connectivity index (χ3n) is 2.92. The summed E-state index contributed by atoms with van der Waals surface area (Å²) >= 11 is 0. The molecule has 2 fully saturated rings. The maximum atomic E-state index is 11.1. The van der Waals surface area contributed by atoms with Crippen LogP contribution in [0.3, 0.4) is 0 Å². The fraction of sp³-hybridized carbons (Fsp3) is 0.778. The predicted molar refractivity (Wildman–Crippen MR) is 56.0 cm³/mol. The molecule has 1 atom stereocenters. The Kier molecular flexibility index (Phi) is 2.63. The first-order valence-corrected chi connectivity index (χ1v) is 5.25. The molecule has 0 radical (unpaired) electrons. The zero-order chi connectivity index (χ0) is 11.8. The summed E-state index contributed by atoms with van der Waals surface area (Å²) in [6.07, 6.45) is 1.64. The molecule has 1 heterocycles. The minimum Gasteiger partial charge on any atom is -0.471 e. The highest BCUT2D eigenvalue weighted by atomic mass is 16.5. The van der Waals surface area contributed by atoms with E-state index in [0.29, 0.717) is 12.4 Å². The van der Waals surface area contributed by atoms with Crippen molar-refractivity contribution in [1.29, 1.82) is 0 Å². The number of carbonyl (C=O) groups excluding carboxylic acids is 1. The van der Waals surface area contributed by atoms with Crippen LogP contribution in [0.25, 0.3) is 0 Å². The van der Waals surface area contributed by atoms with Crippen molar-refractivity contribution < 1.29 is 14.7 Å². The lowest BCUT2D eigenvalue weighted by Crippen LogP contribution is -2.44. The molecule has 2 rings (SSSR count). The Morgan fingerprint density at radius 3 is 2.88 bits per heavy atom. The molecule has 1 saturated carbocycles. The van der Waals surface area contributed by atoms with Gasteiger partial charge in [-0.2, -0.15) is 5.06 Å². The molecule has 0 bridgehead atoms. The second-order valence-electron chi connectivity index (χ2n) is 4.07. The lowest BCUT2D eigenvalue weighted by molar-refractivity contribution is -0.0954. The number of urea groups is 1. The van der Waals surface area contributed by atoms with Gasteiger partial charge in [0.1, 0.15) is 11.6 Å². The van der Waals surface area contributed by atoms with E-state index in [9.17, 15) is 10.0 Å². The molecule has 0 spiro atoms. The predicted octanol–water partition coefficient (Wildman–Crippen LogP) is -0.129. The maximum absolute atomic E-state index is 11.1. The maximum Gasteiger partial charge on any atom is 0.341 e. The number of ether oxygens (including phenoxy) is 1. The molecule has 1 saturated heterocycles. The van der Waals surface area contributed by atoms with E-state index in [2.05, 4.69) is 15.8 Å². The van der Waals surface area contributed by atoms with Crippen molar-refractivity contribution in [1.82, 2.24) is 15.8 Å². The number of rotatable bonds is 3. The minimum atomic E-state index is -0.474. The van der Waals surface area contributed by atoms with Crippen LogP contribution in [0.4, 0.5) is 4.79 Å². The van der Waals surface area contributed by atoms with Crippen LogP contribution in [-0.2, 0) is 4.74 Å².